The molecule has 30 heavy (non-hydrogen) atoms. The van der Waals surface area contributed by atoms with Crippen LogP contribution in [0.5, 0.6) is 0 Å². The van der Waals surface area contributed by atoms with Crippen molar-refractivity contribution in [1.29, 1.82) is 0 Å². The van der Waals surface area contributed by atoms with Crippen LogP contribution in [-0.2, 0) is 16.1 Å². The predicted octanol–water partition coefficient (Wildman–Crippen LogP) is 1.63. The average Bonchev–Trinajstić information content (AvgIpc) is 3.48. The minimum atomic E-state index is -0.587. The van der Waals surface area contributed by atoms with Crippen LogP contribution in [0.3, 0.4) is 0 Å². The van der Waals surface area contributed by atoms with Crippen LogP contribution in [0.1, 0.15) is 5.69 Å². The number of thiol groups is 1. The monoisotopic (exact) mass is 430 g/mol. The molecule has 1 aliphatic heterocycles. The van der Waals surface area contributed by atoms with Crippen molar-refractivity contribution in [2.45, 2.75) is 12.6 Å². The van der Waals surface area contributed by atoms with E-state index in [0.717, 1.165) is 5.69 Å². The highest BCUT2D eigenvalue weighted by atomic mass is 32.1. The fourth-order valence-corrected chi connectivity index (χ4v) is 3.24. The molecular formula is C19H19FN6O3S. The number of ether oxygens (including phenoxy) is 1. The first-order valence-corrected chi connectivity index (χ1v) is 9.82. The summed E-state index contributed by atoms with van der Waals surface area (Å²) in [7, 11) is 0. The van der Waals surface area contributed by atoms with E-state index < -0.39 is 18.0 Å². The summed E-state index contributed by atoms with van der Waals surface area (Å²) >= 11 is 3.88. The summed E-state index contributed by atoms with van der Waals surface area (Å²) in [6, 6.07) is 6.31. The van der Waals surface area contributed by atoms with Crippen molar-refractivity contribution in [2.75, 3.05) is 23.7 Å². The Hall–Kier alpha value is -3.34. The number of carbonyl (C=O) groups excluding carboxylic acids is 2. The summed E-state index contributed by atoms with van der Waals surface area (Å²) in [6.45, 7) is 0.865. The van der Waals surface area contributed by atoms with Crippen LogP contribution >= 0.6 is 12.6 Å². The number of halogens is 1. The van der Waals surface area contributed by atoms with Gasteiger partial charge in [-0.05, 0) is 24.3 Å². The summed E-state index contributed by atoms with van der Waals surface area (Å²) < 4.78 is 23.3. The van der Waals surface area contributed by atoms with Gasteiger partial charge in [0.1, 0.15) is 11.9 Å². The van der Waals surface area contributed by atoms with E-state index in [9.17, 15) is 14.0 Å². The van der Waals surface area contributed by atoms with Crippen molar-refractivity contribution in [3.63, 3.8) is 0 Å². The quantitative estimate of drug-likeness (QED) is 0.556. The second kappa shape index (κ2) is 8.57. The molecule has 1 fully saturated rings. The number of imidazole rings is 1. The van der Waals surface area contributed by atoms with Gasteiger partial charge in [0.25, 0.3) is 0 Å². The molecule has 1 saturated heterocycles. The number of carbonyl (C=O) groups is 2. The third-order valence-electron chi connectivity index (χ3n) is 4.58. The minimum Gasteiger partial charge on any atom is -0.442 e. The standard InChI is InChI=1S/C19H19FN6O3S/c20-16-6-14(26-10-15(29-19(26)28)7-21-18(27)11-30)2-3-17(16)24-8-13(22-12-24)9-25-5-1-4-23-25/h1-6,8,12,15,30H,7,9-11H2,(H,21,27). The Morgan fingerprint density at radius 2 is 2.27 bits per heavy atom. The molecule has 3 aromatic rings. The lowest BCUT2D eigenvalue weighted by atomic mass is 10.2. The van der Waals surface area contributed by atoms with Gasteiger partial charge in [0.05, 0.1) is 48.8 Å². The van der Waals surface area contributed by atoms with E-state index in [0.29, 0.717) is 17.9 Å². The number of nitrogens with zero attached hydrogens (tertiary/aromatic N) is 5. The first-order chi connectivity index (χ1) is 14.5. The highest BCUT2D eigenvalue weighted by Crippen LogP contribution is 2.25. The van der Waals surface area contributed by atoms with Gasteiger partial charge in [-0.15, -0.1) is 0 Å². The molecule has 1 aliphatic rings. The molecule has 1 N–H and O–H groups in total. The smallest absolute Gasteiger partial charge is 0.414 e. The molecule has 0 saturated carbocycles. The highest BCUT2D eigenvalue weighted by molar-refractivity contribution is 7.81. The second-order valence-electron chi connectivity index (χ2n) is 6.69. The number of cyclic esters (lactones) is 1. The minimum absolute atomic E-state index is 0.0506. The lowest BCUT2D eigenvalue weighted by Gasteiger charge is -2.14. The molecule has 9 nitrogen and oxygen atoms in total. The van der Waals surface area contributed by atoms with E-state index in [-0.39, 0.29) is 24.7 Å². The Morgan fingerprint density at radius 1 is 1.40 bits per heavy atom. The normalized spacial score (nSPS) is 16.0. The predicted molar refractivity (Wildman–Crippen MR) is 109 cm³/mol. The number of benzene rings is 1. The summed E-state index contributed by atoms with van der Waals surface area (Å²) in [5.74, 6) is -0.708. The van der Waals surface area contributed by atoms with Gasteiger partial charge >= 0.3 is 6.09 Å². The van der Waals surface area contributed by atoms with Gasteiger partial charge < -0.3 is 14.6 Å². The number of hydrogen-bond donors (Lipinski definition) is 2. The number of amides is 2. The summed E-state index contributed by atoms with van der Waals surface area (Å²) in [6.07, 6.45) is 5.66. The molecule has 0 radical (unpaired) electrons. The van der Waals surface area contributed by atoms with Gasteiger partial charge in [-0.1, -0.05) is 0 Å². The molecule has 0 bridgehead atoms. The molecule has 11 heteroatoms. The van der Waals surface area contributed by atoms with Crippen molar-refractivity contribution in [3.05, 3.63) is 60.7 Å². The van der Waals surface area contributed by atoms with Gasteiger partial charge in [0.2, 0.25) is 5.91 Å². The third-order valence-corrected chi connectivity index (χ3v) is 4.87. The third kappa shape index (κ3) is 4.30. The maximum atomic E-state index is 14.8. The number of hydrogen-bond acceptors (Lipinski definition) is 6. The van der Waals surface area contributed by atoms with Crippen molar-refractivity contribution in [1.82, 2.24) is 24.6 Å². The Balaban J connectivity index is 1.45. The molecule has 0 aliphatic carbocycles. The van der Waals surface area contributed by atoms with Crippen LogP contribution in [0.2, 0.25) is 0 Å². The van der Waals surface area contributed by atoms with Crippen LogP contribution in [0.15, 0.2) is 49.2 Å². The zero-order valence-electron chi connectivity index (χ0n) is 15.8. The van der Waals surface area contributed by atoms with Crippen LogP contribution in [-0.4, -0.2) is 56.3 Å². The van der Waals surface area contributed by atoms with Gasteiger partial charge in [-0.2, -0.15) is 17.7 Å². The summed E-state index contributed by atoms with van der Waals surface area (Å²) in [4.78, 5) is 29.1. The van der Waals surface area contributed by atoms with Gasteiger partial charge in [-0.3, -0.25) is 14.4 Å². The van der Waals surface area contributed by atoms with E-state index in [2.05, 4.69) is 28.0 Å². The fourth-order valence-electron chi connectivity index (χ4n) is 3.13. The van der Waals surface area contributed by atoms with Crippen molar-refractivity contribution < 1.29 is 18.7 Å². The van der Waals surface area contributed by atoms with Crippen LogP contribution in [0, 0.1) is 5.82 Å². The number of aromatic nitrogens is 4. The number of rotatable bonds is 7. The largest absolute Gasteiger partial charge is 0.442 e. The zero-order valence-corrected chi connectivity index (χ0v) is 16.7. The molecule has 0 spiro atoms. The first kappa shape index (κ1) is 20.0. The molecule has 3 heterocycles. The van der Waals surface area contributed by atoms with Gasteiger partial charge in [0.15, 0.2) is 0 Å². The molecule has 2 amide bonds. The van der Waals surface area contributed by atoms with Crippen molar-refractivity contribution >= 4 is 30.3 Å². The van der Waals surface area contributed by atoms with Crippen molar-refractivity contribution in [2.24, 2.45) is 0 Å². The summed E-state index contributed by atoms with van der Waals surface area (Å²) in [5.41, 5.74) is 1.42. The lowest BCUT2D eigenvalue weighted by Crippen LogP contribution is -2.35. The van der Waals surface area contributed by atoms with E-state index in [1.54, 1.807) is 33.8 Å². The van der Waals surface area contributed by atoms with Gasteiger partial charge in [-0.25, -0.2) is 14.2 Å². The molecule has 1 aromatic carbocycles. The Kier molecular flexibility index (Phi) is 5.70. The van der Waals surface area contributed by atoms with E-state index in [1.165, 1.54) is 17.3 Å². The number of anilines is 1. The number of nitrogens with one attached hydrogen (secondary N) is 1. The fraction of sp³-hybridized carbons (Fsp3) is 0.263. The molecule has 2 aromatic heterocycles. The van der Waals surface area contributed by atoms with Crippen LogP contribution in [0.4, 0.5) is 14.9 Å². The molecule has 1 atom stereocenters. The van der Waals surface area contributed by atoms with Gasteiger partial charge in [0, 0.05) is 18.6 Å². The van der Waals surface area contributed by atoms with Crippen LogP contribution in [0.25, 0.3) is 5.69 Å². The average molecular weight is 430 g/mol. The Labute approximate surface area is 176 Å². The topological polar surface area (TPSA) is 94.3 Å². The molecule has 1 unspecified atom stereocenters. The van der Waals surface area contributed by atoms with E-state index in [1.807, 2.05) is 12.3 Å². The SMILES string of the molecule is O=C(CS)NCC1CN(c2ccc(-n3cnc(Cn4cccn4)c3)c(F)c2)C(=O)O1. The highest BCUT2D eigenvalue weighted by Gasteiger charge is 2.32. The second-order valence-corrected chi connectivity index (χ2v) is 7.01. The summed E-state index contributed by atoms with van der Waals surface area (Å²) in [5, 5.41) is 6.74. The molecule has 4 rings (SSSR count). The molecular weight excluding hydrogens is 411 g/mol. The maximum absolute atomic E-state index is 14.8. The molecule has 156 valence electrons. The van der Waals surface area contributed by atoms with Crippen LogP contribution < -0.4 is 10.2 Å². The van der Waals surface area contributed by atoms with E-state index >= 15 is 0 Å². The lowest BCUT2D eigenvalue weighted by molar-refractivity contribution is -0.118. The zero-order chi connectivity index (χ0) is 21.1. The first-order valence-electron chi connectivity index (χ1n) is 9.19. The Morgan fingerprint density at radius 3 is 3.00 bits per heavy atom. The Bertz CT molecular complexity index is 1050. The van der Waals surface area contributed by atoms with E-state index in [4.69, 9.17) is 4.74 Å². The van der Waals surface area contributed by atoms with Crippen molar-refractivity contribution in [3.8, 4) is 5.69 Å². The maximum Gasteiger partial charge on any atom is 0.414 e.